The second-order valence-electron chi connectivity index (χ2n) is 4.40. The first-order valence-electron chi connectivity index (χ1n) is 5.25. The normalized spacial score (nSPS) is 37.2. The second-order valence-corrected chi connectivity index (χ2v) is 4.40. The van der Waals surface area contributed by atoms with Crippen molar-refractivity contribution in [1.29, 1.82) is 0 Å². The van der Waals surface area contributed by atoms with Crippen molar-refractivity contribution < 1.29 is 0 Å². The van der Waals surface area contributed by atoms with Gasteiger partial charge in [0, 0.05) is 25.2 Å². The third-order valence-corrected chi connectivity index (χ3v) is 3.36. The third kappa shape index (κ3) is 1.50. The Hall–Kier alpha value is -0.0800. The van der Waals surface area contributed by atoms with Gasteiger partial charge < -0.3 is 4.90 Å². The molecule has 70 valence electrons. The fourth-order valence-electron chi connectivity index (χ4n) is 2.59. The van der Waals surface area contributed by atoms with E-state index in [4.69, 9.17) is 0 Å². The molecule has 3 aliphatic heterocycles. The molecule has 0 aliphatic carbocycles. The molecule has 0 saturated carbocycles. The zero-order valence-electron chi connectivity index (χ0n) is 8.29. The standard InChI is InChI=1S/C10H20N2/c1-9(2)12-8-7-11-5-3-10(12)4-6-11/h9-10H,3-8H2,1-2H3. The van der Waals surface area contributed by atoms with Crippen LogP contribution in [0, 0.1) is 0 Å². The van der Waals surface area contributed by atoms with Gasteiger partial charge in [-0.1, -0.05) is 0 Å². The number of nitrogens with zero attached hydrogens (tertiary/aromatic N) is 2. The summed E-state index contributed by atoms with van der Waals surface area (Å²) in [4.78, 5) is 5.30. The van der Waals surface area contributed by atoms with Crippen molar-refractivity contribution in [3.8, 4) is 0 Å². The lowest BCUT2D eigenvalue weighted by molar-refractivity contribution is 0.150. The molecule has 0 aromatic rings. The lowest BCUT2D eigenvalue weighted by Crippen LogP contribution is -2.41. The maximum absolute atomic E-state index is 2.69. The predicted octanol–water partition coefficient (Wildman–Crippen LogP) is 1.17. The van der Waals surface area contributed by atoms with Crippen molar-refractivity contribution in [3.63, 3.8) is 0 Å². The van der Waals surface area contributed by atoms with Gasteiger partial charge in [-0.15, -0.1) is 0 Å². The lowest BCUT2D eigenvalue weighted by Gasteiger charge is -2.33. The monoisotopic (exact) mass is 168 g/mol. The first-order valence-corrected chi connectivity index (χ1v) is 5.25. The summed E-state index contributed by atoms with van der Waals surface area (Å²) < 4.78 is 0. The van der Waals surface area contributed by atoms with Crippen LogP contribution in [0.3, 0.4) is 0 Å². The van der Waals surface area contributed by atoms with E-state index in [9.17, 15) is 0 Å². The van der Waals surface area contributed by atoms with E-state index in [0.717, 1.165) is 12.1 Å². The summed E-state index contributed by atoms with van der Waals surface area (Å²) in [6, 6.07) is 1.64. The van der Waals surface area contributed by atoms with Gasteiger partial charge in [0.15, 0.2) is 0 Å². The van der Waals surface area contributed by atoms with E-state index in [-0.39, 0.29) is 0 Å². The molecule has 3 rings (SSSR count). The molecule has 3 fully saturated rings. The van der Waals surface area contributed by atoms with Crippen LogP contribution < -0.4 is 0 Å². The number of rotatable bonds is 1. The first-order chi connectivity index (χ1) is 5.77. The molecule has 3 saturated heterocycles. The van der Waals surface area contributed by atoms with Crippen molar-refractivity contribution in [1.82, 2.24) is 9.80 Å². The van der Waals surface area contributed by atoms with Crippen molar-refractivity contribution in [2.24, 2.45) is 0 Å². The number of fused-ring (bicyclic) bond motifs is 4. The van der Waals surface area contributed by atoms with Crippen LogP contribution in [-0.2, 0) is 0 Å². The first kappa shape index (κ1) is 8.52. The highest BCUT2D eigenvalue weighted by molar-refractivity contribution is 4.86. The Balaban J connectivity index is 2.05. The highest BCUT2D eigenvalue weighted by Crippen LogP contribution is 2.22. The summed E-state index contributed by atoms with van der Waals surface area (Å²) >= 11 is 0. The number of hydrogen-bond donors (Lipinski definition) is 0. The Labute approximate surface area is 75.5 Å². The van der Waals surface area contributed by atoms with E-state index < -0.39 is 0 Å². The van der Waals surface area contributed by atoms with Crippen molar-refractivity contribution in [2.45, 2.75) is 38.8 Å². The van der Waals surface area contributed by atoms with Crippen LogP contribution in [0.4, 0.5) is 0 Å². The summed E-state index contributed by atoms with van der Waals surface area (Å²) in [5, 5.41) is 0. The molecule has 3 heterocycles. The molecular formula is C10H20N2. The highest BCUT2D eigenvalue weighted by atomic mass is 15.3. The summed E-state index contributed by atoms with van der Waals surface area (Å²) in [6.07, 6.45) is 2.80. The van der Waals surface area contributed by atoms with Crippen LogP contribution in [0.25, 0.3) is 0 Å². The summed E-state index contributed by atoms with van der Waals surface area (Å²) in [5.74, 6) is 0. The molecule has 0 aromatic heterocycles. The maximum Gasteiger partial charge on any atom is 0.0123 e. The highest BCUT2D eigenvalue weighted by Gasteiger charge is 2.29. The average Bonchev–Trinajstić information content (AvgIpc) is 2.36. The molecule has 0 N–H and O–H groups in total. The van der Waals surface area contributed by atoms with Crippen molar-refractivity contribution in [2.75, 3.05) is 26.2 Å². The molecule has 2 bridgehead atoms. The van der Waals surface area contributed by atoms with Crippen molar-refractivity contribution in [3.05, 3.63) is 0 Å². The van der Waals surface area contributed by atoms with Gasteiger partial charge in [-0.05, 0) is 39.8 Å². The minimum atomic E-state index is 0.744. The Morgan fingerprint density at radius 3 is 2.25 bits per heavy atom. The summed E-state index contributed by atoms with van der Waals surface area (Å²) in [7, 11) is 0. The van der Waals surface area contributed by atoms with Crippen LogP contribution in [-0.4, -0.2) is 48.1 Å². The zero-order valence-corrected chi connectivity index (χ0v) is 8.29. The van der Waals surface area contributed by atoms with E-state index >= 15 is 0 Å². The molecular weight excluding hydrogens is 148 g/mol. The maximum atomic E-state index is 2.69. The van der Waals surface area contributed by atoms with Crippen LogP contribution in [0.5, 0.6) is 0 Å². The molecule has 2 heteroatoms. The van der Waals surface area contributed by atoms with E-state index in [1.54, 1.807) is 0 Å². The van der Waals surface area contributed by atoms with Crippen LogP contribution >= 0.6 is 0 Å². The summed E-state index contributed by atoms with van der Waals surface area (Å²) in [5.41, 5.74) is 0. The van der Waals surface area contributed by atoms with E-state index in [1.807, 2.05) is 0 Å². The van der Waals surface area contributed by atoms with E-state index in [0.29, 0.717) is 0 Å². The van der Waals surface area contributed by atoms with Crippen LogP contribution in [0.15, 0.2) is 0 Å². The molecule has 0 spiro atoms. The minimum absolute atomic E-state index is 0.744. The largest absolute Gasteiger partial charge is 0.302 e. The van der Waals surface area contributed by atoms with E-state index in [2.05, 4.69) is 23.6 Å². The van der Waals surface area contributed by atoms with Gasteiger partial charge in [0.1, 0.15) is 0 Å². The van der Waals surface area contributed by atoms with Gasteiger partial charge in [0.25, 0.3) is 0 Å². The van der Waals surface area contributed by atoms with Gasteiger partial charge in [0.2, 0.25) is 0 Å². The summed E-state index contributed by atoms with van der Waals surface area (Å²) in [6.45, 7) is 9.93. The molecule has 0 radical (unpaired) electrons. The Morgan fingerprint density at radius 1 is 1.00 bits per heavy atom. The lowest BCUT2D eigenvalue weighted by atomic mass is 10.0. The number of piperidine rings is 1. The van der Waals surface area contributed by atoms with Gasteiger partial charge in [-0.2, -0.15) is 0 Å². The Kier molecular flexibility index (Phi) is 2.37. The number of hydrogen-bond acceptors (Lipinski definition) is 2. The van der Waals surface area contributed by atoms with Crippen molar-refractivity contribution >= 4 is 0 Å². The molecule has 2 nitrogen and oxygen atoms in total. The van der Waals surface area contributed by atoms with Gasteiger partial charge in [-0.3, -0.25) is 4.90 Å². The van der Waals surface area contributed by atoms with Gasteiger partial charge in [0.05, 0.1) is 0 Å². The smallest absolute Gasteiger partial charge is 0.0123 e. The Bertz CT molecular complexity index is 148. The molecule has 0 aromatic carbocycles. The fourth-order valence-corrected chi connectivity index (χ4v) is 2.59. The van der Waals surface area contributed by atoms with Gasteiger partial charge >= 0.3 is 0 Å². The average molecular weight is 168 g/mol. The second kappa shape index (κ2) is 3.35. The SMILES string of the molecule is CC(C)N1CCN2CCC1CC2. The van der Waals surface area contributed by atoms with Gasteiger partial charge in [-0.25, -0.2) is 0 Å². The van der Waals surface area contributed by atoms with Crippen LogP contribution in [0.2, 0.25) is 0 Å². The molecule has 0 unspecified atom stereocenters. The van der Waals surface area contributed by atoms with Crippen LogP contribution in [0.1, 0.15) is 26.7 Å². The molecule has 12 heavy (non-hydrogen) atoms. The predicted molar refractivity (Wildman–Crippen MR) is 51.3 cm³/mol. The Morgan fingerprint density at radius 2 is 1.67 bits per heavy atom. The molecule has 0 amide bonds. The molecule has 0 atom stereocenters. The fraction of sp³-hybridized carbons (Fsp3) is 1.00. The zero-order chi connectivity index (χ0) is 8.55. The van der Waals surface area contributed by atoms with E-state index in [1.165, 1.54) is 39.0 Å². The third-order valence-electron chi connectivity index (χ3n) is 3.36. The molecule has 3 aliphatic rings. The topological polar surface area (TPSA) is 6.48 Å². The quantitative estimate of drug-likeness (QED) is 0.580. The minimum Gasteiger partial charge on any atom is -0.302 e.